The van der Waals surface area contributed by atoms with E-state index in [1.54, 1.807) is 23.3 Å². The Balaban J connectivity index is 2.61. The van der Waals surface area contributed by atoms with Gasteiger partial charge in [0.15, 0.2) is 0 Å². The summed E-state index contributed by atoms with van der Waals surface area (Å²) in [4.78, 5) is 12.8. The van der Waals surface area contributed by atoms with Crippen LogP contribution in [0.5, 0.6) is 0 Å². The van der Waals surface area contributed by atoms with E-state index in [0.717, 1.165) is 9.35 Å². The third kappa shape index (κ3) is 3.86. The second-order valence-electron chi connectivity index (χ2n) is 3.48. The Kier molecular flexibility index (Phi) is 5.40. The fourth-order valence-electron chi connectivity index (χ4n) is 1.37. The molecule has 0 fully saturated rings. The molecule has 0 aliphatic carbocycles. The molecule has 1 unspecified atom stereocenters. The van der Waals surface area contributed by atoms with Crippen LogP contribution < -0.4 is 0 Å². The maximum atomic E-state index is 11.0. The lowest BCUT2D eigenvalue weighted by Crippen LogP contribution is -2.41. The summed E-state index contributed by atoms with van der Waals surface area (Å²) in [6.07, 6.45) is 0. The van der Waals surface area contributed by atoms with E-state index in [4.69, 9.17) is 9.84 Å². The SMILES string of the molecule is COCC(C(=O)O)N(C)Cc1csc(Br)c1. The molecule has 0 spiro atoms. The van der Waals surface area contributed by atoms with E-state index in [0.29, 0.717) is 6.54 Å². The van der Waals surface area contributed by atoms with Crippen molar-refractivity contribution in [2.45, 2.75) is 12.6 Å². The van der Waals surface area contributed by atoms with Crippen LogP contribution in [0.25, 0.3) is 0 Å². The Bertz CT molecular complexity index is 356. The molecule has 1 N–H and O–H groups in total. The smallest absolute Gasteiger partial charge is 0.323 e. The average molecular weight is 308 g/mol. The molecule has 16 heavy (non-hydrogen) atoms. The van der Waals surface area contributed by atoms with Crippen LogP contribution in [0.1, 0.15) is 5.56 Å². The summed E-state index contributed by atoms with van der Waals surface area (Å²) >= 11 is 4.97. The van der Waals surface area contributed by atoms with Crippen LogP contribution in [0.3, 0.4) is 0 Å². The van der Waals surface area contributed by atoms with Gasteiger partial charge in [-0.25, -0.2) is 0 Å². The van der Waals surface area contributed by atoms with Gasteiger partial charge in [-0.15, -0.1) is 11.3 Å². The summed E-state index contributed by atoms with van der Waals surface area (Å²) < 4.78 is 5.95. The van der Waals surface area contributed by atoms with E-state index >= 15 is 0 Å². The zero-order chi connectivity index (χ0) is 12.1. The molecule has 0 amide bonds. The standard InChI is InChI=1S/C10H14BrNO3S/c1-12(8(5-15-2)10(13)14)4-7-3-9(11)16-6-7/h3,6,8H,4-5H2,1-2H3,(H,13,14). The number of carboxylic acids is 1. The zero-order valence-corrected chi connectivity index (χ0v) is 11.5. The molecule has 0 saturated heterocycles. The molecule has 0 bridgehead atoms. The highest BCUT2D eigenvalue weighted by Crippen LogP contribution is 2.21. The second-order valence-corrected chi connectivity index (χ2v) is 5.77. The lowest BCUT2D eigenvalue weighted by Gasteiger charge is -2.23. The number of carbonyl (C=O) groups is 1. The quantitative estimate of drug-likeness (QED) is 0.874. The van der Waals surface area contributed by atoms with Crippen LogP contribution in [0, 0.1) is 0 Å². The summed E-state index contributed by atoms with van der Waals surface area (Å²) in [5.41, 5.74) is 1.10. The first-order chi connectivity index (χ1) is 7.54. The number of nitrogens with zero attached hydrogens (tertiary/aromatic N) is 1. The summed E-state index contributed by atoms with van der Waals surface area (Å²) in [6, 6.07) is 1.39. The van der Waals surface area contributed by atoms with Crippen molar-refractivity contribution in [3.63, 3.8) is 0 Å². The molecule has 0 aliphatic rings. The monoisotopic (exact) mass is 307 g/mol. The predicted molar refractivity (Wildman–Crippen MR) is 66.8 cm³/mol. The average Bonchev–Trinajstić information content (AvgIpc) is 2.59. The van der Waals surface area contributed by atoms with Crippen molar-refractivity contribution < 1.29 is 14.6 Å². The van der Waals surface area contributed by atoms with Crippen LogP contribution in [-0.2, 0) is 16.1 Å². The Morgan fingerprint density at radius 3 is 2.88 bits per heavy atom. The second kappa shape index (κ2) is 6.34. The lowest BCUT2D eigenvalue weighted by molar-refractivity contribution is -0.144. The molecule has 1 aromatic heterocycles. The normalized spacial score (nSPS) is 13.0. The number of hydrogen-bond acceptors (Lipinski definition) is 4. The Morgan fingerprint density at radius 2 is 2.44 bits per heavy atom. The van der Waals surface area contributed by atoms with Crippen molar-refractivity contribution in [3.05, 3.63) is 20.8 Å². The van der Waals surface area contributed by atoms with Crippen molar-refractivity contribution in [2.75, 3.05) is 20.8 Å². The largest absolute Gasteiger partial charge is 0.480 e. The van der Waals surface area contributed by atoms with Crippen LogP contribution in [-0.4, -0.2) is 42.8 Å². The van der Waals surface area contributed by atoms with E-state index in [-0.39, 0.29) is 6.61 Å². The van der Waals surface area contributed by atoms with Gasteiger partial charge in [0, 0.05) is 13.7 Å². The minimum absolute atomic E-state index is 0.192. The van der Waals surface area contributed by atoms with E-state index in [1.807, 2.05) is 11.4 Å². The highest BCUT2D eigenvalue weighted by molar-refractivity contribution is 9.11. The predicted octanol–water partition coefficient (Wildman–Crippen LogP) is 2.04. The number of hydrogen-bond donors (Lipinski definition) is 1. The van der Waals surface area contributed by atoms with Crippen molar-refractivity contribution in [3.8, 4) is 0 Å². The number of likely N-dealkylation sites (N-methyl/N-ethyl adjacent to an activating group) is 1. The van der Waals surface area contributed by atoms with E-state index in [2.05, 4.69) is 15.9 Å². The van der Waals surface area contributed by atoms with Crippen LogP contribution >= 0.6 is 27.3 Å². The van der Waals surface area contributed by atoms with Gasteiger partial charge in [-0.3, -0.25) is 9.69 Å². The maximum Gasteiger partial charge on any atom is 0.323 e. The van der Waals surface area contributed by atoms with Crippen LogP contribution in [0.2, 0.25) is 0 Å². The number of thiophene rings is 1. The minimum atomic E-state index is -0.862. The van der Waals surface area contributed by atoms with Gasteiger partial charge in [-0.05, 0) is 40.0 Å². The minimum Gasteiger partial charge on any atom is -0.480 e. The third-order valence-corrected chi connectivity index (χ3v) is 3.75. The Hall–Kier alpha value is -0.430. The highest BCUT2D eigenvalue weighted by atomic mass is 79.9. The molecule has 0 radical (unpaired) electrons. The molecule has 4 nitrogen and oxygen atoms in total. The first-order valence-corrected chi connectivity index (χ1v) is 6.36. The Labute approximate surface area is 107 Å². The highest BCUT2D eigenvalue weighted by Gasteiger charge is 2.22. The Morgan fingerprint density at radius 1 is 1.75 bits per heavy atom. The summed E-state index contributed by atoms with van der Waals surface area (Å²) in [6.45, 7) is 0.791. The lowest BCUT2D eigenvalue weighted by atomic mass is 10.2. The third-order valence-electron chi connectivity index (χ3n) is 2.20. The van der Waals surface area contributed by atoms with Gasteiger partial charge in [0.25, 0.3) is 0 Å². The molecule has 0 aliphatic heterocycles. The van der Waals surface area contributed by atoms with Gasteiger partial charge in [0.2, 0.25) is 0 Å². The number of ether oxygens (including phenoxy) is 1. The number of carboxylic acid groups (broad SMARTS) is 1. The van der Waals surface area contributed by atoms with Gasteiger partial charge in [-0.2, -0.15) is 0 Å². The van der Waals surface area contributed by atoms with Gasteiger partial charge in [0.1, 0.15) is 6.04 Å². The number of rotatable bonds is 6. The van der Waals surface area contributed by atoms with Gasteiger partial charge >= 0.3 is 5.97 Å². The molecule has 90 valence electrons. The summed E-state index contributed by atoms with van der Waals surface area (Å²) in [7, 11) is 3.29. The van der Waals surface area contributed by atoms with Gasteiger partial charge in [-0.1, -0.05) is 0 Å². The number of halogens is 1. The summed E-state index contributed by atoms with van der Waals surface area (Å²) in [5.74, 6) is -0.862. The molecule has 6 heteroatoms. The number of aliphatic carboxylic acids is 1. The number of methoxy groups -OCH3 is 1. The molecule has 1 aromatic rings. The molecular weight excluding hydrogens is 294 g/mol. The van der Waals surface area contributed by atoms with Crippen molar-refractivity contribution in [2.24, 2.45) is 0 Å². The van der Waals surface area contributed by atoms with E-state index < -0.39 is 12.0 Å². The zero-order valence-electron chi connectivity index (χ0n) is 9.14. The first kappa shape index (κ1) is 13.6. The molecular formula is C10H14BrNO3S. The maximum absolute atomic E-state index is 11.0. The molecule has 0 saturated carbocycles. The fourth-order valence-corrected chi connectivity index (χ4v) is 2.57. The fraction of sp³-hybridized carbons (Fsp3) is 0.500. The van der Waals surface area contributed by atoms with Crippen LogP contribution in [0.4, 0.5) is 0 Å². The van der Waals surface area contributed by atoms with Gasteiger partial charge in [0.05, 0.1) is 10.4 Å². The van der Waals surface area contributed by atoms with Crippen molar-refractivity contribution >= 4 is 33.2 Å². The summed E-state index contributed by atoms with van der Waals surface area (Å²) in [5, 5.41) is 11.0. The molecule has 1 rings (SSSR count). The van der Waals surface area contributed by atoms with E-state index in [1.165, 1.54) is 7.11 Å². The molecule has 0 aromatic carbocycles. The molecule has 1 heterocycles. The van der Waals surface area contributed by atoms with Crippen molar-refractivity contribution in [1.82, 2.24) is 4.90 Å². The molecule has 1 atom stereocenters. The first-order valence-electron chi connectivity index (χ1n) is 4.69. The van der Waals surface area contributed by atoms with E-state index in [9.17, 15) is 4.79 Å². The van der Waals surface area contributed by atoms with Crippen LogP contribution in [0.15, 0.2) is 15.2 Å². The van der Waals surface area contributed by atoms with Gasteiger partial charge < -0.3 is 9.84 Å². The van der Waals surface area contributed by atoms with Crippen molar-refractivity contribution in [1.29, 1.82) is 0 Å². The topological polar surface area (TPSA) is 49.8 Å².